The van der Waals surface area contributed by atoms with E-state index in [1.54, 1.807) is 5.38 Å². The molecule has 0 unspecified atom stereocenters. The second kappa shape index (κ2) is 2.45. The summed E-state index contributed by atoms with van der Waals surface area (Å²) in [4.78, 5) is 0. The third-order valence-electron chi connectivity index (χ3n) is 1.75. The Kier molecular flexibility index (Phi) is 1.54. The van der Waals surface area contributed by atoms with Crippen molar-refractivity contribution in [2.45, 2.75) is 6.92 Å². The molecule has 0 fully saturated rings. The summed E-state index contributed by atoms with van der Waals surface area (Å²) < 4.78 is 14.0. The minimum Gasteiger partial charge on any atom is -0.506 e. The van der Waals surface area contributed by atoms with Crippen LogP contribution in [0.1, 0.15) is 5.56 Å². The molecule has 0 atom stereocenters. The number of hydrogen-bond donors (Lipinski definition) is 1. The minimum atomic E-state index is -0.344. The van der Waals surface area contributed by atoms with Crippen molar-refractivity contribution in [2.75, 3.05) is 0 Å². The maximum atomic E-state index is 13.2. The van der Waals surface area contributed by atoms with Crippen LogP contribution in [0.15, 0.2) is 17.5 Å². The van der Waals surface area contributed by atoms with Gasteiger partial charge in [0.1, 0.15) is 11.6 Å². The van der Waals surface area contributed by atoms with Crippen molar-refractivity contribution in [3.05, 3.63) is 28.9 Å². The molecule has 1 heterocycles. The summed E-state index contributed by atoms with van der Waals surface area (Å²) in [5.74, 6) is -0.309. The molecule has 0 aliphatic carbocycles. The number of hydrogen-bond acceptors (Lipinski definition) is 2. The molecule has 1 N–H and O–H groups in total. The Labute approximate surface area is 73.1 Å². The van der Waals surface area contributed by atoms with Gasteiger partial charge in [0.15, 0.2) is 0 Å². The van der Waals surface area contributed by atoms with Crippen molar-refractivity contribution in [2.24, 2.45) is 0 Å². The van der Waals surface area contributed by atoms with E-state index in [-0.39, 0.29) is 11.6 Å². The second-order valence-corrected chi connectivity index (χ2v) is 3.65. The first kappa shape index (κ1) is 7.55. The summed E-state index contributed by atoms with van der Waals surface area (Å²) in [6, 6.07) is 3.29. The van der Waals surface area contributed by atoms with Gasteiger partial charge in [0, 0.05) is 10.1 Å². The Morgan fingerprint density at radius 1 is 1.42 bits per heavy atom. The first-order chi connectivity index (χ1) is 5.68. The molecule has 0 aliphatic rings. The zero-order valence-corrected chi connectivity index (χ0v) is 7.28. The van der Waals surface area contributed by atoms with Crippen LogP contribution in [0.2, 0.25) is 0 Å². The fourth-order valence-electron chi connectivity index (χ4n) is 1.23. The van der Waals surface area contributed by atoms with E-state index in [4.69, 9.17) is 0 Å². The quantitative estimate of drug-likeness (QED) is 0.663. The molecule has 2 aromatic rings. The maximum Gasteiger partial charge on any atom is 0.137 e. The third kappa shape index (κ3) is 0.975. The number of fused-ring (bicyclic) bond motifs is 1. The van der Waals surface area contributed by atoms with Gasteiger partial charge in [-0.2, -0.15) is 0 Å². The van der Waals surface area contributed by atoms with Crippen LogP contribution < -0.4 is 0 Å². The number of thiophene rings is 1. The molecule has 0 amide bonds. The molecule has 0 spiro atoms. The molecule has 2 rings (SSSR count). The first-order valence-corrected chi connectivity index (χ1v) is 4.43. The molecular formula is C9H7FOS. The minimum absolute atomic E-state index is 0.0347. The number of rotatable bonds is 0. The van der Waals surface area contributed by atoms with Gasteiger partial charge in [0.2, 0.25) is 0 Å². The summed E-state index contributed by atoms with van der Waals surface area (Å²) in [6.07, 6.45) is 0. The Balaban J connectivity index is 2.93. The van der Waals surface area contributed by atoms with Crippen LogP contribution in [0.25, 0.3) is 10.1 Å². The smallest absolute Gasteiger partial charge is 0.137 e. The van der Waals surface area contributed by atoms with E-state index in [1.165, 1.54) is 17.4 Å². The summed E-state index contributed by atoms with van der Waals surface area (Å²) in [7, 11) is 0. The van der Waals surface area contributed by atoms with Crippen LogP contribution in [0.5, 0.6) is 5.75 Å². The zero-order chi connectivity index (χ0) is 8.72. The van der Waals surface area contributed by atoms with Crippen LogP contribution in [0.4, 0.5) is 4.39 Å². The van der Waals surface area contributed by atoms with Gasteiger partial charge in [0.25, 0.3) is 0 Å². The predicted octanol–water partition coefficient (Wildman–Crippen LogP) is 3.05. The van der Waals surface area contributed by atoms with E-state index in [2.05, 4.69) is 0 Å². The highest BCUT2D eigenvalue weighted by molar-refractivity contribution is 7.17. The molecule has 0 saturated carbocycles. The maximum absolute atomic E-state index is 13.2. The SMILES string of the molecule is Cc1cc(F)c2c(O)csc2c1. The fraction of sp³-hybridized carbons (Fsp3) is 0.111. The summed E-state index contributed by atoms with van der Waals surface area (Å²) in [6.45, 7) is 1.83. The highest BCUT2D eigenvalue weighted by Crippen LogP contribution is 2.33. The first-order valence-electron chi connectivity index (χ1n) is 3.55. The van der Waals surface area contributed by atoms with Crippen molar-refractivity contribution in [3.63, 3.8) is 0 Å². The van der Waals surface area contributed by atoms with Gasteiger partial charge in [-0.1, -0.05) is 0 Å². The summed E-state index contributed by atoms with van der Waals surface area (Å²) in [5, 5.41) is 11.1. The van der Waals surface area contributed by atoms with Crippen molar-refractivity contribution in [3.8, 4) is 5.75 Å². The van der Waals surface area contributed by atoms with Crippen molar-refractivity contribution in [1.29, 1.82) is 0 Å². The normalized spacial score (nSPS) is 10.8. The lowest BCUT2D eigenvalue weighted by Gasteiger charge is -1.95. The summed E-state index contributed by atoms with van der Waals surface area (Å²) in [5.41, 5.74) is 0.877. The topological polar surface area (TPSA) is 20.2 Å². The third-order valence-corrected chi connectivity index (χ3v) is 2.67. The Bertz CT molecular complexity index is 433. The van der Waals surface area contributed by atoms with Crippen LogP contribution in [-0.2, 0) is 0 Å². The molecule has 1 aromatic heterocycles. The van der Waals surface area contributed by atoms with E-state index < -0.39 is 0 Å². The molecule has 62 valence electrons. The highest BCUT2D eigenvalue weighted by atomic mass is 32.1. The standard InChI is InChI=1S/C9H7FOS/c1-5-2-6(10)9-7(11)4-12-8(9)3-5/h2-4,11H,1H3. The van der Waals surface area contributed by atoms with Crippen molar-refractivity contribution in [1.82, 2.24) is 0 Å². The molecule has 0 radical (unpaired) electrons. The fourth-order valence-corrected chi connectivity index (χ4v) is 2.16. The number of halogens is 1. The van der Waals surface area contributed by atoms with Gasteiger partial charge in [-0.05, 0) is 24.6 Å². The number of aromatic hydroxyl groups is 1. The Morgan fingerprint density at radius 3 is 2.92 bits per heavy atom. The van der Waals surface area contributed by atoms with Gasteiger partial charge >= 0.3 is 0 Å². The lowest BCUT2D eigenvalue weighted by Crippen LogP contribution is -1.77. The van der Waals surface area contributed by atoms with Gasteiger partial charge in [-0.25, -0.2) is 4.39 Å². The van der Waals surface area contributed by atoms with E-state index in [0.717, 1.165) is 10.3 Å². The van der Waals surface area contributed by atoms with E-state index in [0.29, 0.717) is 5.39 Å². The Hall–Kier alpha value is -1.09. The van der Waals surface area contributed by atoms with Gasteiger partial charge in [-0.3, -0.25) is 0 Å². The van der Waals surface area contributed by atoms with Crippen molar-refractivity contribution >= 4 is 21.4 Å². The van der Waals surface area contributed by atoms with Gasteiger partial charge < -0.3 is 5.11 Å². The molecule has 1 nitrogen and oxygen atoms in total. The molecule has 3 heteroatoms. The largest absolute Gasteiger partial charge is 0.506 e. The van der Waals surface area contributed by atoms with Crippen LogP contribution in [-0.4, -0.2) is 5.11 Å². The molecule has 0 saturated heterocycles. The van der Waals surface area contributed by atoms with Crippen LogP contribution in [0, 0.1) is 12.7 Å². The monoisotopic (exact) mass is 182 g/mol. The average Bonchev–Trinajstić information content (AvgIpc) is 2.31. The average molecular weight is 182 g/mol. The van der Waals surface area contributed by atoms with Crippen molar-refractivity contribution < 1.29 is 9.50 Å². The van der Waals surface area contributed by atoms with Gasteiger partial charge in [0.05, 0.1) is 5.39 Å². The second-order valence-electron chi connectivity index (χ2n) is 2.74. The number of aryl methyl sites for hydroxylation is 1. The zero-order valence-electron chi connectivity index (χ0n) is 6.47. The molecular weight excluding hydrogens is 175 g/mol. The number of benzene rings is 1. The predicted molar refractivity (Wildman–Crippen MR) is 48.2 cm³/mol. The van der Waals surface area contributed by atoms with Gasteiger partial charge in [-0.15, -0.1) is 11.3 Å². The van der Waals surface area contributed by atoms with Crippen LogP contribution in [0.3, 0.4) is 0 Å². The molecule has 12 heavy (non-hydrogen) atoms. The molecule has 0 bridgehead atoms. The Morgan fingerprint density at radius 2 is 2.17 bits per heavy atom. The highest BCUT2D eigenvalue weighted by Gasteiger charge is 2.08. The summed E-state index contributed by atoms with van der Waals surface area (Å²) >= 11 is 1.35. The van der Waals surface area contributed by atoms with E-state index in [9.17, 15) is 9.50 Å². The molecule has 1 aromatic carbocycles. The molecule has 0 aliphatic heterocycles. The van der Waals surface area contributed by atoms with E-state index in [1.807, 2.05) is 13.0 Å². The lowest BCUT2D eigenvalue weighted by atomic mass is 10.2. The van der Waals surface area contributed by atoms with Crippen LogP contribution >= 0.6 is 11.3 Å². The lowest BCUT2D eigenvalue weighted by molar-refractivity contribution is 0.480. The van der Waals surface area contributed by atoms with E-state index >= 15 is 0 Å².